The fourth-order valence-corrected chi connectivity index (χ4v) is 13.2. The Kier molecular flexibility index (Phi) is 8.63. The molecule has 326 valence electrons. The first-order valence-electron chi connectivity index (χ1n) is 23.5. The van der Waals surface area contributed by atoms with Crippen LogP contribution in [0.3, 0.4) is 0 Å². The van der Waals surface area contributed by atoms with Gasteiger partial charge in [-0.05, 0) is 72.3 Å². The first kappa shape index (κ1) is 39.3. The first-order valence-corrected chi connectivity index (χ1v) is 25.2. The second-order valence-electron chi connectivity index (χ2n) is 17.9. The van der Waals surface area contributed by atoms with Crippen LogP contribution in [-0.4, -0.2) is 24.1 Å². The second kappa shape index (κ2) is 15.4. The number of hydrogen-bond donors (Lipinski definition) is 0. The summed E-state index contributed by atoms with van der Waals surface area (Å²) < 4.78 is 9.96. The van der Waals surface area contributed by atoms with E-state index in [1.807, 2.05) is 47.7 Å². The maximum atomic E-state index is 5.28. The summed E-state index contributed by atoms with van der Waals surface area (Å²) in [6, 6.07) is 80.9. The van der Waals surface area contributed by atoms with Crippen molar-refractivity contribution in [3.63, 3.8) is 0 Å². The van der Waals surface area contributed by atoms with Gasteiger partial charge in [0.15, 0.2) is 17.5 Å². The van der Waals surface area contributed by atoms with Crippen LogP contribution in [-0.2, 0) is 0 Å². The molecule has 0 spiro atoms. The first-order chi connectivity index (χ1) is 34.7. The molecule has 0 bridgehead atoms. The molecule has 0 saturated carbocycles. The van der Waals surface area contributed by atoms with Crippen molar-refractivity contribution in [1.82, 2.24) is 24.1 Å². The lowest BCUT2D eigenvalue weighted by Crippen LogP contribution is -2.01. The third-order valence-corrected chi connectivity index (χ3v) is 16.3. The van der Waals surface area contributed by atoms with Gasteiger partial charge in [0.1, 0.15) is 0 Å². The molecule has 0 saturated heterocycles. The highest BCUT2D eigenvalue weighted by atomic mass is 32.1. The third kappa shape index (κ3) is 5.86. The lowest BCUT2D eigenvalue weighted by Gasteiger charge is -2.16. The smallest absolute Gasteiger partial charge is 0.165 e. The topological polar surface area (TPSA) is 48.5 Å². The Morgan fingerprint density at radius 3 is 1.59 bits per heavy atom. The molecule has 0 fully saturated rings. The minimum Gasteiger partial charge on any atom is -0.309 e. The Bertz CT molecular complexity index is 4530. The van der Waals surface area contributed by atoms with Crippen LogP contribution in [0.2, 0.25) is 0 Å². The Balaban J connectivity index is 1.10. The molecule has 5 heterocycles. The Hall–Kier alpha value is -8.75. The second-order valence-corrected chi connectivity index (χ2v) is 20.0. The lowest BCUT2D eigenvalue weighted by molar-refractivity contribution is 1.08. The van der Waals surface area contributed by atoms with Gasteiger partial charge in [-0.1, -0.05) is 158 Å². The predicted octanol–water partition coefficient (Wildman–Crippen LogP) is 17.5. The van der Waals surface area contributed by atoms with Crippen molar-refractivity contribution in [3.8, 4) is 56.7 Å². The largest absolute Gasteiger partial charge is 0.309 e. The standard InChI is InChI=1S/C63H37N5S2/c1-4-18-38(19-5-1)61-64-62(39-20-6-2-7-21-39)66-63(65-61)46-33-34-52(56-45-27-13-17-31-54(45)70-60(46)56)68-51-29-15-11-26-44(51)57-58(68)47(40-32-35-55-48(36-40)43-25-12-16-30-53(43)69-55)37-49-42-24-10-14-28-50(42)67(59(49)57)41-22-8-3-9-23-41/h1-37H. The summed E-state index contributed by atoms with van der Waals surface area (Å²) in [4.78, 5) is 15.6. The van der Waals surface area contributed by atoms with Crippen LogP contribution in [0.15, 0.2) is 224 Å². The van der Waals surface area contributed by atoms with Crippen molar-refractivity contribution in [1.29, 1.82) is 0 Å². The molecule has 0 radical (unpaired) electrons. The molecule has 0 unspecified atom stereocenters. The lowest BCUT2D eigenvalue weighted by atomic mass is 9.96. The molecule has 10 aromatic carbocycles. The molecule has 0 aliphatic heterocycles. The van der Waals surface area contributed by atoms with Gasteiger partial charge >= 0.3 is 0 Å². The fraction of sp³-hybridized carbons (Fsp3) is 0. The van der Waals surface area contributed by atoms with Crippen molar-refractivity contribution in [3.05, 3.63) is 224 Å². The Morgan fingerprint density at radius 2 is 0.871 bits per heavy atom. The number of benzene rings is 10. The van der Waals surface area contributed by atoms with E-state index in [0.29, 0.717) is 17.5 Å². The fourth-order valence-electron chi connectivity index (χ4n) is 10.9. The van der Waals surface area contributed by atoms with Crippen molar-refractivity contribution in [2.45, 2.75) is 0 Å². The molecule has 15 aromatic rings. The van der Waals surface area contributed by atoms with Gasteiger partial charge in [-0.25, -0.2) is 15.0 Å². The van der Waals surface area contributed by atoms with E-state index in [4.69, 9.17) is 15.0 Å². The zero-order chi connectivity index (χ0) is 45.9. The van der Waals surface area contributed by atoms with E-state index in [2.05, 4.69) is 197 Å². The van der Waals surface area contributed by atoms with Crippen LogP contribution in [0.4, 0.5) is 0 Å². The SMILES string of the molecule is c1ccc(-c2nc(-c3ccccc3)nc(-c3ccc(-n4c5ccccc5c5c4c(-c4ccc6sc7ccccc7c6c4)cc4c6ccccc6n(-c6ccccc6)c45)c4c3sc3ccccc34)n2)cc1. The number of aromatic nitrogens is 5. The minimum atomic E-state index is 0.642. The highest BCUT2D eigenvalue weighted by molar-refractivity contribution is 7.26. The van der Waals surface area contributed by atoms with Gasteiger partial charge in [0, 0.05) is 89.8 Å². The van der Waals surface area contributed by atoms with Crippen LogP contribution in [0.25, 0.3) is 141 Å². The van der Waals surface area contributed by atoms with E-state index >= 15 is 0 Å². The summed E-state index contributed by atoms with van der Waals surface area (Å²) in [5.74, 6) is 1.93. The Labute approximate surface area is 409 Å². The van der Waals surface area contributed by atoms with Crippen molar-refractivity contribution in [2.24, 2.45) is 0 Å². The molecule has 7 heteroatoms. The van der Waals surface area contributed by atoms with Gasteiger partial charge in [-0.15, -0.1) is 22.7 Å². The zero-order valence-electron chi connectivity index (χ0n) is 37.4. The molecule has 70 heavy (non-hydrogen) atoms. The van der Waals surface area contributed by atoms with Crippen molar-refractivity contribution < 1.29 is 0 Å². The van der Waals surface area contributed by atoms with E-state index in [1.54, 1.807) is 11.3 Å². The van der Waals surface area contributed by atoms with E-state index in [0.717, 1.165) is 49.2 Å². The molecular weight excluding hydrogens is 891 g/mol. The van der Waals surface area contributed by atoms with Gasteiger partial charge < -0.3 is 9.13 Å². The average molecular weight is 928 g/mol. The summed E-state index contributed by atoms with van der Waals surface area (Å²) >= 11 is 3.66. The van der Waals surface area contributed by atoms with Crippen molar-refractivity contribution >= 4 is 107 Å². The van der Waals surface area contributed by atoms with Crippen LogP contribution in [0.1, 0.15) is 0 Å². The number of nitrogens with zero attached hydrogens (tertiary/aromatic N) is 5. The van der Waals surface area contributed by atoms with Gasteiger partial charge in [-0.2, -0.15) is 0 Å². The van der Waals surface area contributed by atoms with Gasteiger partial charge in [0.2, 0.25) is 0 Å². The molecule has 0 aliphatic rings. The minimum absolute atomic E-state index is 0.642. The summed E-state index contributed by atoms with van der Waals surface area (Å²) in [6.07, 6.45) is 0. The highest BCUT2D eigenvalue weighted by Gasteiger charge is 2.27. The average Bonchev–Trinajstić information content (AvgIpc) is 4.19. The quantitative estimate of drug-likeness (QED) is 0.167. The highest BCUT2D eigenvalue weighted by Crippen LogP contribution is 2.50. The third-order valence-electron chi connectivity index (χ3n) is 14.0. The molecule has 0 N–H and O–H groups in total. The zero-order valence-corrected chi connectivity index (χ0v) is 39.0. The molecule has 0 amide bonds. The normalized spacial score (nSPS) is 12.0. The van der Waals surface area contributed by atoms with E-state index < -0.39 is 0 Å². The maximum absolute atomic E-state index is 5.28. The van der Waals surface area contributed by atoms with Crippen LogP contribution in [0, 0.1) is 0 Å². The number of thiophene rings is 2. The predicted molar refractivity (Wildman–Crippen MR) is 296 cm³/mol. The number of fused-ring (bicyclic) bond motifs is 13. The number of rotatable bonds is 6. The van der Waals surface area contributed by atoms with Crippen LogP contribution >= 0.6 is 22.7 Å². The van der Waals surface area contributed by atoms with Crippen molar-refractivity contribution in [2.75, 3.05) is 0 Å². The number of para-hydroxylation sites is 3. The Morgan fingerprint density at radius 1 is 0.314 bits per heavy atom. The van der Waals surface area contributed by atoms with E-state index in [-0.39, 0.29) is 0 Å². The van der Waals surface area contributed by atoms with E-state index in [1.165, 1.54) is 74.0 Å². The van der Waals surface area contributed by atoms with Gasteiger partial charge in [-0.3, -0.25) is 0 Å². The van der Waals surface area contributed by atoms with Crippen LogP contribution in [0.5, 0.6) is 0 Å². The summed E-state index contributed by atoms with van der Waals surface area (Å²) in [7, 11) is 0. The number of hydrogen-bond acceptors (Lipinski definition) is 5. The van der Waals surface area contributed by atoms with Crippen LogP contribution < -0.4 is 0 Å². The van der Waals surface area contributed by atoms with E-state index in [9.17, 15) is 0 Å². The summed E-state index contributed by atoms with van der Waals surface area (Å²) in [5.41, 5.74) is 12.1. The van der Waals surface area contributed by atoms with Gasteiger partial charge in [0.25, 0.3) is 0 Å². The molecule has 0 atom stereocenters. The summed E-state index contributed by atoms with van der Waals surface area (Å²) in [6.45, 7) is 0. The molecule has 0 aliphatic carbocycles. The molecule has 5 nitrogen and oxygen atoms in total. The maximum Gasteiger partial charge on any atom is 0.165 e. The monoisotopic (exact) mass is 927 g/mol. The molecule has 15 rings (SSSR count). The molecule has 5 aromatic heterocycles. The summed E-state index contributed by atoms with van der Waals surface area (Å²) in [5, 5.41) is 9.78. The molecular formula is C63H37N5S2. The van der Waals surface area contributed by atoms with Gasteiger partial charge in [0.05, 0.1) is 27.8 Å².